The molecule has 0 spiro atoms. The van der Waals surface area contributed by atoms with Crippen molar-refractivity contribution in [2.24, 2.45) is 0 Å². The highest BCUT2D eigenvalue weighted by atomic mass is 16.6. The van der Waals surface area contributed by atoms with E-state index in [0.717, 1.165) is 51.7 Å². The van der Waals surface area contributed by atoms with Gasteiger partial charge >= 0.3 is 0 Å². The zero-order chi connectivity index (χ0) is 23.8. The molecule has 2 fully saturated rings. The standard InChI is InChI=1S/C28H50O5/c1-5-9-11-13-15-27(25-23-31-25,17-21-29-19-7-3)33-28(26-24-32-26,16-14-12-10-6-2)18-22-30-20-8-4/h7-8,19-20,25-26H,5-6,9-18,21-24H2,1-4H3. The van der Waals surface area contributed by atoms with Crippen LogP contribution in [0.1, 0.15) is 105 Å². The minimum Gasteiger partial charge on any atom is -0.501 e. The van der Waals surface area contributed by atoms with Crippen molar-refractivity contribution in [1.82, 2.24) is 0 Å². The number of ether oxygens (including phenoxy) is 5. The average molecular weight is 467 g/mol. The van der Waals surface area contributed by atoms with Gasteiger partial charge in [0.2, 0.25) is 0 Å². The second-order valence-corrected chi connectivity index (χ2v) is 9.68. The van der Waals surface area contributed by atoms with Gasteiger partial charge in [0.15, 0.2) is 0 Å². The van der Waals surface area contributed by atoms with Gasteiger partial charge in [-0.2, -0.15) is 0 Å². The Morgan fingerprint density at radius 3 is 1.42 bits per heavy atom. The average Bonchev–Trinajstić information content (AvgIpc) is 3.72. The molecule has 0 N–H and O–H groups in total. The Morgan fingerprint density at radius 2 is 1.09 bits per heavy atom. The van der Waals surface area contributed by atoms with E-state index in [4.69, 9.17) is 23.7 Å². The summed E-state index contributed by atoms with van der Waals surface area (Å²) in [5.41, 5.74) is -0.654. The Balaban J connectivity index is 2.21. The molecule has 2 aliphatic rings. The predicted octanol–water partition coefficient (Wildman–Crippen LogP) is 7.10. The largest absolute Gasteiger partial charge is 0.501 e. The molecule has 2 rings (SSSR count). The molecule has 2 saturated heterocycles. The summed E-state index contributed by atoms with van der Waals surface area (Å²) < 4.78 is 30.8. The van der Waals surface area contributed by atoms with Crippen LogP contribution in [-0.4, -0.2) is 49.8 Å². The molecule has 5 heteroatoms. The minimum absolute atomic E-state index is 0.151. The lowest BCUT2D eigenvalue weighted by molar-refractivity contribution is -0.196. The molecule has 0 aromatic rings. The van der Waals surface area contributed by atoms with Crippen LogP contribution >= 0.6 is 0 Å². The Morgan fingerprint density at radius 1 is 0.667 bits per heavy atom. The third kappa shape index (κ3) is 10.00. The fraction of sp³-hybridized carbons (Fsp3) is 0.857. The topological polar surface area (TPSA) is 52.8 Å². The maximum Gasteiger partial charge on any atom is 0.110 e. The van der Waals surface area contributed by atoms with Crippen molar-refractivity contribution >= 4 is 0 Å². The molecule has 0 saturated carbocycles. The lowest BCUT2D eigenvalue weighted by atomic mass is 9.84. The zero-order valence-corrected chi connectivity index (χ0v) is 21.8. The summed E-state index contributed by atoms with van der Waals surface area (Å²) in [7, 11) is 0. The van der Waals surface area contributed by atoms with Gasteiger partial charge in [-0.05, 0) is 26.7 Å². The summed E-state index contributed by atoms with van der Waals surface area (Å²) in [4.78, 5) is 0. The fourth-order valence-corrected chi connectivity index (χ4v) is 4.83. The van der Waals surface area contributed by atoms with Crippen LogP contribution in [0.2, 0.25) is 0 Å². The van der Waals surface area contributed by atoms with E-state index in [9.17, 15) is 0 Å². The number of hydrogen-bond donors (Lipinski definition) is 0. The van der Waals surface area contributed by atoms with Crippen molar-refractivity contribution < 1.29 is 23.7 Å². The molecule has 0 aliphatic carbocycles. The molecular formula is C28H50O5. The molecule has 33 heavy (non-hydrogen) atoms. The van der Waals surface area contributed by atoms with E-state index >= 15 is 0 Å². The highest BCUT2D eigenvalue weighted by molar-refractivity contribution is 5.04. The number of hydrogen-bond acceptors (Lipinski definition) is 5. The first-order valence-corrected chi connectivity index (χ1v) is 13.5. The van der Waals surface area contributed by atoms with Crippen molar-refractivity contribution in [2.75, 3.05) is 26.4 Å². The van der Waals surface area contributed by atoms with E-state index in [2.05, 4.69) is 13.8 Å². The van der Waals surface area contributed by atoms with Crippen LogP contribution in [0.15, 0.2) is 24.7 Å². The van der Waals surface area contributed by atoms with E-state index in [1.165, 1.54) is 38.5 Å². The number of unbranched alkanes of at least 4 members (excludes halogenated alkanes) is 6. The molecule has 5 nitrogen and oxygen atoms in total. The molecule has 0 bridgehead atoms. The maximum absolute atomic E-state index is 7.34. The smallest absolute Gasteiger partial charge is 0.110 e. The van der Waals surface area contributed by atoms with Crippen LogP contribution in [0.4, 0.5) is 0 Å². The predicted molar refractivity (Wildman–Crippen MR) is 134 cm³/mol. The molecule has 192 valence electrons. The van der Waals surface area contributed by atoms with Gasteiger partial charge in [-0.15, -0.1) is 0 Å². The van der Waals surface area contributed by atoms with Crippen LogP contribution in [-0.2, 0) is 23.7 Å². The Kier molecular flexibility index (Phi) is 13.5. The molecule has 0 amide bonds. The molecular weight excluding hydrogens is 416 g/mol. The van der Waals surface area contributed by atoms with Gasteiger partial charge in [-0.1, -0.05) is 77.4 Å². The molecule has 2 heterocycles. The van der Waals surface area contributed by atoms with Gasteiger partial charge < -0.3 is 23.7 Å². The van der Waals surface area contributed by atoms with Crippen LogP contribution in [0, 0.1) is 0 Å². The second-order valence-electron chi connectivity index (χ2n) is 9.68. The Hall–Kier alpha value is -1.04. The highest BCUT2D eigenvalue weighted by Crippen LogP contribution is 2.46. The van der Waals surface area contributed by atoms with Crippen molar-refractivity contribution in [2.45, 2.75) is 128 Å². The van der Waals surface area contributed by atoms with E-state index in [-0.39, 0.29) is 23.4 Å². The quantitative estimate of drug-likeness (QED) is 0.0967. The zero-order valence-electron chi connectivity index (χ0n) is 21.8. The van der Waals surface area contributed by atoms with Gasteiger partial charge in [0.25, 0.3) is 0 Å². The lowest BCUT2D eigenvalue weighted by Crippen LogP contribution is -2.52. The third-order valence-corrected chi connectivity index (χ3v) is 6.90. The first-order valence-electron chi connectivity index (χ1n) is 13.5. The molecule has 0 aromatic carbocycles. The molecule has 4 unspecified atom stereocenters. The van der Waals surface area contributed by atoms with E-state index < -0.39 is 0 Å². The summed E-state index contributed by atoms with van der Waals surface area (Å²) in [5.74, 6) is 0. The van der Waals surface area contributed by atoms with Crippen molar-refractivity contribution in [1.29, 1.82) is 0 Å². The van der Waals surface area contributed by atoms with Gasteiger partial charge in [-0.25, -0.2) is 0 Å². The summed E-state index contributed by atoms with van der Waals surface area (Å²) >= 11 is 0. The molecule has 0 aromatic heterocycles. The summed E-state index contributed by atoms with van der Waals surface area (Å²) in [6, 6.07) is 0. The Bertz CT molecular complexity index is 506. The molecule has 0 radical (unpaired) electrons. The lowest BCUT2D eigenvalue weighted by Gasteiger charge is -2.44. The summed E-state index contributed by atoms with van der Waals surface area (Å²) in [6.07, 6.45) is 21.2. The molecule has 4 atom stereocenters. The van der Waals surface area contributed by atoms with Crippen LogP contribution in [0.25, 0.3) is 0 Å². The van der Waals surface area contributed by atoms with Crippen LogP contribution in [0.5, 0.6) is 0 Å². The molecule has 2 aliphatic heterocycles. The number of epoxide rings is 2. The summed E-state index contributed by atoms with van der Waals surface area (Å²) in [5, 5.41) is 0. The Labute approximate surface area is 203 Å². The SMILES string of the molecule is CC=COCCC(CCCCCC)(OC(CCCCCC)(CCOC=CC)C1CO1)C1CO1. The van der Waals surface area contributed by atoms with Gasteiger partial charge in [0.05, 0.1) is 39.0 Å². The first kappa shape index (κ1) is 28.2. The van der Waals surface area contributed by atoms with Crippen molar-refractivity contribution in [3.05, 3.63) is 24.7 Å². The van der Waals surface area contributed by atoms with Gasteiger partial charge in [-0.3, -0.25) is 0 Å². The number of allylic oxidation sites excluding steroid dienone is 2. The highest BCUT2D eigenvalue weighted by Gasteiger charge is 2.56. The van der Waals surface area contributed by atoms with Gasteiger partial charge in [0.1, 0.15) is 23.4 Å². The monoisotopic (exact) mass is 466 g/mol. The van der Waals surface area contributed by atoms with E-state index in [1.54, 1.807) is 12.5 Å². The minimum atomic E-state index is -0.327. The fourth-order valence-electron chi connectivity index (χ4n) is 4.83. The van der Waals surface area contributed by atoms with E-state index in [0.29, 0.717) is 13.2 Å². The van der Waals surface area contributed by atoms with Crippen LogP contribution < -0.4 is 0 Å². The third-order valence-electron chi connectivity index (χ3n) is 6.90. The van der Waals surface area contributed by atoms with E-state index in [1.807, 2.05) is 26.0 Å². The summed E-state index contributed by atoms with van der Waals surface area (Å²) in [6.45, 7) is 11.3. The maximum atomic E-state index is 7.34. The second kappa shape index (κ2) is 15.8. The van der Waals surface area contributed by atoms with Crippen molar-refractivity contribution in [3.8, 4) is 0 Å². The first-order chi connectivity index (χ1) is 16.2. The number of rotatable bonds is 22. The van der Waals surface area contributed by atoms with Crippen LogP contribution in [0.3, 0.4) is 0 Å². The normalized spacial score (nSPS) is 23.5. The van der Waals surface area contributed by atoms with Gasteiger partial charge in [0, 0.05) is 12.8 Å². The van der Waals surface area contributed by atoms with Crippen molar-refractivity contribution in [3.63, 3.8) is 0 Å².